The Morgan fingerprint density at radius 1 is 1.31 bits per heavy atom. The van der Waals surface area contributed by atoms with Crippen LogP contribution in [0, 0.1) is 0 Å². The molecule has 92 valence electrons. The Hall–Kier alpha value is -0.800. The van der Waals surface area contributed by atoms with Gasteiger partial charge in [-0.05, 0) is 45.7 Å². The predicted octanol–water partition coefficient (Wildman–Crippen LogP) is 2.15. The minimum atomic E-state index is 0.153. The summed E-state index contributed by atoms with van der Waals surface area (Å²) in [7, 11) is 0. The molecule has 1 aromatic heterocycles. The summed E-state index contributed by atoms with van der Waals surface area (Å²) in [5.41, 5.74) is 1.47. The van der Waals surface area contributed by atoms with Crippen LogP contribution < -0.4 is 5.32 Å². The van der Waals surface area contributed by atoms with Gasteiger partial charge in [-0.1, -0.05) is 0 Å². The van der Waals surface area contributed by atoms with Crippen LogP contribution in [0.2, 0.25) is 0 Å². The lowest BCUT2D eigenvalue weighted by atomic mass is 10.1. The van der Waals surface area contributed by atoms with E-state index >= 15 is 0 Å². The van der Waals surface area contributed by atoms with Crippen LogP contribution >= 0.6 is 0 Å². The second-order valence-corrected chi connectivity index (χ2v) is 5.23. The van der Waals surface area contributed by atoms with Crippen LogP contribution in [0.15, 0.2) is 18.3 Å². The summed E-state index contributed by atoms with van der Waals surface area (Å²) in [4.78, 5) is 0. The molecule has 0 aliphatic carbocycles. The van der Waals surface area contributed by atoms with Crippen molar-refractivity contribution in [2.45, 2.75) is 52.2 Å². The van der Waals surface area contributed by atoms with Crippen molar-refractivity contribution in [2.75, 3.05) is 6.61 Å². The van der Waals surface area contributed by atoms with Crippen LogP contribution in [0.3, 0.4) is 0 Å². The van der Waals surface area contributed by atoms with Gasteiger partial charge in [-0.2, -0.15) is 0 Å². The molecule has 2 N–H and O–H groups in total. The molecule has 0 saturated carbocycles. The van der Waals surface area contributed by atoms with Gasteiger partial charge in [0.25, 0.3) is 0 Å². The maximum absolute atomic E-state index is 8.75. The first-order valence-corrected chi connectivity index (χ1v) is 6.03. The molecular weight excluding hydrogens is 200 g/mol. The van der Waals surface area contributed by atoms with Gasteiger partial charge in [0.2, 0.25) is 0 Å². The highest BCUT2D eigenvalue weighted by Gasteiger charge is 2.09. The lowest BCUT2D eigenvalue weighted by Crippen LogP contribution is -2.35. The van der Waals surface area contributed by atoms with E-state index < -0.39 is 0 Å². The minimum absolute atomic E-state index is 0.153. The number of aromatic nitrogens is 1. The number of aliphatic hydroxyl groups is 1. The molecule has 0 aliphatic rings. The first-order chi connectivity index (χ1) is 7.53. The number of rotatable bonds is 6. The normalized spacial score (nSPS) is 12.0. The lowest BCUT2D eigenvalue weighted by molar-refractivity contribution is 0.281. The molecule has 1 rings (SSSR count). The molecule has 0 radical (unpaired) electrons. The first kappa shape index (κ1) is 13.3. The molecular formula is C13H24N2O. The lowest BCUT2D eigenvalue weighted by Gasteiger charge is -2.21. The number of unbranched alkanes of at least 4 members (excludes halogenated alkanes) is 1. The quantitative estimate of drug-likeness (QED) is 0.727. The number of nitrogens with zero attached hydrogens (tertiary/aromatic N) is 1. The second kappa shape index (κ2) is 6.06. The van der Waals surface area contributed by atoms with Crippen LogP contribution in [0.1, 0.15) is 39.3 Å². The molecule has 0 aromatic carbocycles. The fourth-order valence-corrected chi connectivity index (χ4v) is 1.58. The summed E-state index contributed by atoms with van der Waals surface area (Å²) >= 11 is 0. The predicted molar refractivity (Wildman–Crippen MR) is 67.3 cm³/mol. The largest absolute Gasteiger partial charge is 0.396 e. The van der Waals surface area contributed by atoms with E-state index in [1.54, 1.807) is 0 Å². The van der Waals surface area contributed by atoms with Gasteiger partial charge in [0.05, 0.1) is 0 Å². The monoisotopic (exact) mass is 224 g/mol. The molecule has 3 heteroatoms. The van der Waals surface area contributed by atoms with Crippen LogP contribution in [0.25, 0.3) is 0 Å². The maximum atomic E-state index is 8.75. The van der Waals surface area contributed by atoms with E-state index in [9.17, 15) is 0 Å². The number of aliphatic hydroxyl groups excluding tert-OH is 1. The van der Waals surface area contributed by atoms with E-state index in [-0.39, 0.29) is 12.1 Å². The molecule has 0 unspecified atom stereocenters. The van der Waals surface area contributed by atoms with Crippen molar-refractivity contribution < 1.29 is 5.11 Å². The third-order valence-electron chi connectivity index (χ3n) is 2.53. The van der Waals surface area contributed by atoms with Gasteiger partial charge >= 0.3 is 0 Å². The highest BCUT2D eigenvalue weighted by atomic mass is 16.2. The Labute approximate surface area is 98.5 Å². The third kappa shape index (κ3) is 4.81. The number of hydrogen-bond acceptors (Lipinski definition) is 2. The molecule has 3 nitrogen and oxygen atoms in total. The van der Waals surface area contributed by atoms with Crippen LogP contribution in [0.5, 0.6) is 0 Å². The van der Waals surface area contributed by atoms with Gasteiger partial charge in [-0.25, -0.2) is 0 Å². The zero-order valence-corrected chi connectivity index (χ0v) is 10.7. The fraction of sp³-hybridized carbons (Fsp3) is 0.692. The summed E-state index contributed by atoms with van der Waals surface area (Å²) in [6, 6.07) is 4.23. The average molecular weight is 224 g/mol. The van der Waals surface area contributed by atoms with Crippen molar-refractivity contribution in [3.8, 4) is 0 Å². The number of aryl methyl sites for hydroxylation is 1. The Morgan fingerprint density at radius 3 is 2.69 bits per heavy atom. The molecule has 0 amide bonds. The zero-order chi connectivity index (χ0) is 12.0. The minimum Gasteiger partial charge on any atom is -0.396 e. The number of hydrogen-bond donors (Lipinski definition) is 2. The van der Waals surface area contributed by atoms with E-state index in [1.165, 1.54) is 5.69 Å². The van der Waals surface area contributed by atoms with Gasteiger partial charge in [0.1, 0.15) is 0 Å². The Morgan fingerprint density at radius 2 is 2.06 bits per heavy atom. The number of nitrogens with one attached hydrogen (secondary N) is 1. The summed E-state index contributed by atoms with van der Waals surface area (Å²) in [6.45, 7) is 8.70. The molecule has 0 atom stereocenters. The highest BCUT2D eigenvalue weighted by molar-refractivity contribution is 5.07. The molecule has 0 bridgehead atoms. The summed E-state index contributed by atoms with van der Waals surface area (Å²) in [6.07, 6.45) is 4.02. The van der Waals surface area contributed by atoms with E-state index in [0.717, 1.165) is 25.9 Å². The van der Waals surface area contributed by atoms with Gasteiger partial charge in [-0.3, -0.25) is 0 Å². The Kier molecular flexibility index (Phi) is 5.03. The smallest absolute Gasteiger partial charge is 0.0431 e. The molecule has 16 heavy (non-hydrogen) atoms. The molecule has 0 fully saturated rings. The molecule has 1 heterocycles. The first-order valence-electron chi connectivity index (χ1n) is 6.03. The van der Waals surface area contributed by atoms with Gasteiger partial charge in [-0.15, -0.1) is 0 Å². The zero-order valence-electron chi connectivity index (χ0n) is 10.7. The third-order valence-corrected chi connectivity index (χ3v) is 2.53. The Balaban J connectivity index is 2.44. The van der Waals surface area contributed by atoms with E-state index in [4.69, 9.17) is 5.11 Å². The SMILES string of the molecule is CC(C)(C)NCc1cccn1CCCCO. The Bertz CT molecular complexity index is 299. The van der Waals surface area contributed by atoms with Crippen molar-refractivity contribution in [1.82, 2.24) is 9.88 Å². The van der Waals surface area contributed by atoms with Crippen molar-refractivity contribution in [2.24, 2.45) is 0 Å². The van der Waals surface area contributed by atoms with Gasteiger partial charge in [0.15, 0.2) is 0 Å². The summed E-state index contributed by atoms with van der Waals surface area (Å²) < 4.78 is 2.26. The topological polar surface area (TPSA) is 37.2 Å². The second-order valence-electron chi connectivity index (χ2n) is 5.23. The van der Waals surface area contributed by atoms with Crippen molar-refractivity contribution in [1.29, 1.82) is 0 Å². The molecule has 1 aromatic rings. The van der Waals surface area contributed by atoms with E-state index in [0.29, 0.717) is 0 Å². The van der Waals surface area contributed by atoms with Crippen molar-refractivity contribution in [3.05, 3.63) is 24.0 Å². The maximum Gasteiger partial charge on any atom is 0.0431 e. The summed E-state index contributed by atoms with van der Waals surface area (Å²) in [5.74, 6) is 0. The molecule has 0 saturated heterocycles. The standard InChI is InChI=1S/C13H24N2O/c1-13(2,3)14-11-12-7-6-9-15(12)8-4-5-10-16/h6-7,9,14,16H,4-5,8,10-11H2,1-3H3. The van der Waals surface area contributed by atoms with Crippen LogP contribution in [0.4, 0.5) is 0 Å². The van der Waals surface area contributed by atoms with Crippen LogP contribution in [-0.2, 0) is 13.1 Å². The van der Waals surface area contributed by atoms with Gasteiger partial charge in [0, 0.05) is 37.1 Å². The van der Waals surface area contributed by atoms with E-state index in [2.05, 4.69) is 49.0 Å². The van der Waals surface area contributed by atoms with Crippen molar-refractivity contribution in [3.63, 3.8) is 0 Å². The van der Waals surface area contributed by atoms with Crippen molar-refractivity contribution >= 4 is 0 Å². The van der Waals surface area contributed by atoms with E-state index in [1.807, 2.05) is 0 Å². The van der Waals surface area contributed by atoms with Gasteiger partial charge < -0.3 is 15.0 Å². The molecule has 0 aliphatic heterocycles. The fourth-order valence-electron chi connectivity index (χ4n) is 1.58. The summed E-state index contributed by atoms with van der Waals surface area (Å²) in [5, 5.41) is 12.2. The highest BCUT2D eigenvalue weighted by Crippen LogP contribution is 2.07. The molecule has 0 spiro atoms. The van der Waals surface area contributed by atoms with Crippen LogP contribution in [-0.4, -0.2) is 21.8 Å². The average Bonchev–Trinajstić information content (AvgIpc) is 2.62.